The zero-order chi connectivity index (χ0) is 20.7. The minimum Gasteiger partial charge on any atom is -0.497 e. The molecule has 3 rings (SSSR count). The average Bonchev–Trinajstić information content (AvgIpc) is 3.25. The fraction of sp³-hybridized carbons (Fsp3) is 0.200. The molecule has 0 saturated heterocycles. The number of amides is 1. The number of imidazole rings is 1. The van der Waals surface area contributed by atoms with Crippen LogP contribution in [0.4, 0.5) is 5.69 Å². The summed E-state index contributed by atoms with van der Waals surface area (Å²) in [5.41, 5.74) is 0.475. The van der Waals surface area contributed by atoms with Crippen molar-refractivity contribution in [1.29, 1.82) is 0 Å². The number of benzene rings is 2. The smallest absolute Gasteiger partial charge is 0.261 e. The third kappa shape index (κ3) is 5.35. The van der Waals surface area contributed by atoms with E-state index >= 15 is 0 Å². The zero-order valence-corrected chi connectivity index (χ0v) is 16.7. The van der Waals surface area contributed by atoms with E-state index in [-0.39, 0.29) is 22.1 Å². The minimum absolute atomic E-state index is 0.0776. The molecule has 1 heterocycles. The second-order valence-corrected chi connectivity index (χ2v) is 7.92. The molecule has 0 spiro atoms. The van der Waals surface area contributed by atoms with Crippen LogP contribution in [0.25, 0.3) is 0 Å². The molecule has 8 nitrogen and oxygen atoms in total. The first kappa shape index (κ1) is 20.4. The van der Waals surface area contributed by atoms with Gasteiger partial charge in [0.2, 0.25) is 0 Å². The summed E-state index contributed by atoms with van der Waals surface area (Å²) in [5, 5.41) is 2.82. The van der Waals surface area contributed by atoms with Crippen LogP contribution in [0.5, 0.6) is 5.75 Å². The van der Waals surface area contributed by atoms with Crippen LogP contribution in [0.2, 0.25) is 0 Å². The molecule has 29 heavy (non-hydrogen) atoms. The van der Waals surface area contributed by atoms with Crippen LogP contribution in [-0.2, 0) is 16.6 Å². The van der Waals surface area contributed by atoms with Gasteiger partial charge in [-0.2, -0.15) is 0 Å². The maximum Gasteiger partial charge on any atom is 0.261 e. The highest BCUT2D eigenvalue weighted by Gasteiger charge is 2.18. The van der Waals surface area contributed by atoms with Crippen LogP contribution in [0.15, 0.2) is 72.1 Å². The third-order valence-electron chi connectivity index (χ3n) is 4.22. The van der Waals surface area contributed by atoms with E-state index in [1.807, 2.05) is 10.8 Å². The number of anilines is 1. The van der Waals surface area contributed by atoms with Crippen molar-refractivity contribution in [2.45, 2.75) is 17.9 Å². The molecule has 0 bridgehead atoms. The van der Waals surface area contributed by atoms with Gasteiger partial charge in [-0.25, -0.2) is 13.4 Å². The van der Waals surface area contributed by atoms with Gasteiger partial charge in [-0.3, -0.25) is 9.52 Å². The fourth-order valence-electron chi connectivity index (χ4n) is 2.71. The van der Waals surface area contributed by atoms with E-state index in [0.717, 1.165) is 13.0 Å². The van der Waals surface area contributed by atoms with Gasteiger partial charge in [0.05, 0.1) is 29.6 Å². The lowest BCUT2D eigenvalue weighted by Crippen LogP contribution is -2.26. The van der Waals surface area contributed by atoms with E-state index in [1.54, 1.807) is 48.9 Å². The van der Waals surface area contributed by atoms with Gasteiger partial charge in [-0.1, -0.05) is 12.1 Å². The highest BCUT2D eigenvalue weighted by Crippen LogP contribution is 2.21. The first-order valence-corrected chi connectivity index (χ1v) is 10.5. The van der Waals surface area contributed by atoms with E-state index in [4.69, 9.17) is 4.74 Å². The number of aryl methyl sites for hydroxylation is 1. The van der Waals surface area contributed by atoms with Gasteiger partial charge < -0.3 is 14.6 Å². The Labute approximate surface area is 169 Å². The van der Waals surface area contributed by atoms with Gasteiger partial charge in [-0.05, 0) is 42.8 Å². The molecule has 0 saturated carbocycles. The zero-order valence-electron chi connectivity index (χ0n) is 15.9. The van der Waals surface area contributed by atoms with Crippen LogP contribution < -0.4 is 14.8 Å². The average molecular weight is 414 g/mol. The lowest BCUT2D eigenvalue weighted by molar-refractivity contribution is 0.0953. The summed E-state index contributed by atoms with van der Waals surface area (Å²) in [6.07, 6.45) is 5.99. The quantitative estimate of drug-likeness (QED) is 0.524. The Kier molecular flexibility index (Phi) is 6.50. The van der Waals surface area contributed by atoms with Crippen molar-refractivity contribution in [2.75, 3.05) is 18.4 Å². The lowest BCUT2D eigenvalue weighted by Gasteiger charge is -2.13. The number of sulfonamides is 1. The largest absolute Gasteiger partial charge is 0.497 e. The van der Waals surface area contributed by atoms with Gasteiger partial charge in [0, 0.05) is 25.5 Å². The molecule has 1 amide bonds. The monoisotopic (exact) mass is 414 g/mol. The van der Waals surface area contributed by atoms with Crippen LogP contribution in [-0.4, -0.2) is 37.5 Å². The molecule has 0 radical (unpaired) electrons. The number of carbonyl (C=O) groups is 1. The summed E-state index contributed by atoms with van der Waals surface area (Å²) in [5.74, 6) is 0.211. The second kappa shape index (κ2) is 9.24. The van der Waals surface area contributed by atoms with Crippen molar-refractivity contribution in [3.8, 4) is 5.75 Å². The molecular weight excluding hydrogens is 392 g/mol. The van der Waals surface area contributed by atoms with Gasteiger partial charge in [-0.15, -0.1) is 0 Å². The van der Waals surface area contributed by atoms with Gasteiger partial charge in [0.25, 0.3) is 15.9 Å². The predicted molar refractivity (Wildman–Crippen MR) is 109 cm³/mol. The van der Waals surface area contributed by atoms with E-state index in [0.29, 0.717) is 12.3 Å². The van der Waals surface area contributed by atoms with Crippen LogP contribution in [0.1, 0.15) is 16.8 Å². The molecule has 0 unspecified atom stereocenters. The van der Waals surface area contributed by atoms with Gasteiger partial charge >= 0.3 is 0 Å². The van der Waals surface area contributed by atoms with Crippen molar-refractivity contribution in [3.05, 3.63) is 72.8 Å². The number of carbonyl (C=O) groups excluding carboxylic acids is 1. The van der Waals surface area contributed by atoms with E-state index in [1.165, 1.54) is 19.2 Å². The number of hydrogen-bond donors (Lipinski definition) is 2. The summed E-state index contributed by atoms with van der Waals surface area (Å²) in [6, 6.07) is 12.5. The standard InChI is InChI=1S/C20H22N4O4S/c1-28-16-7-9-17(10-8-16)29(26,27)23-19-6-3-2-5-18(19)20(25)22-11-4-13-24-14-12-21-15-24/h2-3,5-10,12,14-15,23H,4,11,13H2,1H3,(H,22,25). The van der Waals surface area contributed by atoms with Crippen LogP contribution >= 0.6 is 0 Å². The summed E-state index contributed by atoms with van der Waals surface area (Å²) in [6.45, 7) is 1.18. The summed E-state index contributed by atoms with van der Waals surface area (Å²) < 4.78 is 34.8. The number of ether oxygens (including phenoxy) is 1. The second-order valence-electron chi connectivity index (χ2n) is 6.24. The minimum atomic E-state index is -3.84. The molecule has 1 aromatic heterocycles. The number of para-hydroxylation sites is 1. The van der Waals surface area contributed by atoms with Crippen molar-refractivity contribution in [3.63, 3.8) is 0 Å². The molecule has 0 aliphatic heterocycles. The Bertz CT molecular complexity index is 1050. The Balaban J connectivity index is 1.66. The molecular formula is C20H22N4O4S. The number of nitrogens with zero attached hydrogens (tertiary/aromatic N) is 2. The molecule has 0 atom stereocenters. The molecule has 0 aliphatic rings. The molecule has 2 N–H and O–H groups in total. The SMILES string of the molecule is COc1ccc(S(=O)(=O)Nc2ccccc2C(=O)NCCCn2ccnc2)cc1. The van der Waals surface area contributed by atoms with Crippen LogP contribution in [0.3, 0.4) is 0 Å². The molecule has 3 aromatic rings. The normalized spacial score (nSPS) is 11.1. The maximum absolute atomic E-state index is 12.7. The molecule has 0 aliphatic carbocycles. The van der Waals surface area contributed by atoms with E-state index < -0.39 is 10.0 Å². The number of aromatic nitrogens is 2. The third-order valence-corrected chi connectivity index (χ3v) is 5.60. The number of hydrogen-bond acceptors (Lipinski definition) is 5. The Hall–Kier alpha value is -3.33. The summed E-state index contributed by atoms with van der Waals surface area (Å²) in [4.78, 5) is 16.6. The predicted octanol–water partition coefficient (Wildman–Crippen LogP) is 2.51. The summed E-state index contributed by atoms with van der Waals surface area (Å²) in [7, 11) is -2.34. The Morgan fingerprint density at radius 2 is 1.90 bits per heavy atom. The molecule has 152 valence electrons. The van der Waals surface area contributed by atoms with Gasteiger partial charge in [0.15, 0.2) is 0 Å². The highest BCUT2D eigenvalue weighted by atomic mass is 32.2. The number of methoxy groups -OCH3 is 1. The fourth-order valence-corrected chi connectivity index (χ4v) is 3.79. The number of rotatable bonds is 9. The Morgan fingerprint density at radius 1 is 1.14 bits per heavy atom. The Morgan fingerprint density at radius 3 is 2.59 bits per heavy atom. The molecule has 9 heteroatoms. The van der Waals surface area contributed by atoms with Crippen molar-refractivity contribution < 1.29 is 17.9 Å². The van der Waals surface area contributed by atoms with Gasteiger partial charge in [0.1, 0.15) is 5.75 Å². The first-order valence-electron chi connectivity index (χ1n) is 8.99. The van der Waals surface area contributed by atoms with E-state index in [9.17, 15) is 13.2 Å². The van der Waals surface area contributed by atoms with E-state index in [2.05, 4.69) is 15.0 Å². The summed E-state index contributed by atoms with van der Waals surface area (Å²) >= 11 is 0. The molecule has 2 aromatic carbocycles. The topological polar surface area (TPSA) is 102 Å². The van der Waals surface area contributed by atoms with Crippen molar-refractivity contribution in [1.82, 2.24) is 14.9 Å². The maximum atomic E-state index is 12.7. The first-order chi connectivity index (χ1) is 14.0. The lowest BCUT2D eigenvalue weighted by atomic mass is 10.1. The molecule has 0 fully saturated rings. The van der Waals surface area contributed by atoms with Crippen molar-refractivity contribution in [2.24, 2.45) is 0 Å². The highest BCUT2D eigenvalue weighted by molar-refractivity contribution is 7.92. The van der Waals surface area contributed by atoms with Crippen molar-refractivity contribution >= 4 is 21.6 Å². The number of nitrogens with one attached hydrogen (secondary N) is 2. The van der Waals surface area contributed by atoms with Crippen LogP contribution in [0, 0.1) is 0 Å².